The van der Waals surface area contributed by atoms with Gasteiger partial charge in [0, 0.05) is 24.4 Å². The summed E-state index contributed by atoms with van der Waals surface area (Å²) in [5, 5.41) is 10.8. The number of hydrogen-bond donors (Lipinski definition) is 1. The SMILES string of the molecule is CSc1cc(Oc2ccnc(N)c2)ccc1[N+](=O)[O-]. The number of ether oxygens (including phenoxy) is 1. The molecule has 19 heavy (non-hydrogen) atoms. The van der Waals surface area contributed by atoms with E-state index in [0.717, 1.165) is 0 Å². The molecule has 0 saturated heterocycles. The Labute approximate surface area is 113 Å². The number of pyridine rings is 1. The number of nitrogens with two attached hydrogens (primary N) is 1. The lowest BCUT2D eigenvalue weighted by Gasteiger charge is -2.07. The van der Waals surface area contributed by atoms with Crippen molar-refractivity contribution < 1.29 is 9.66 Å². The van der Waals surface area contributed by atoms with E-state index in [0.29, 0.717) is 22.2 Å². The van der Waals surface area contributed by atoms with E-state index in [-0.39, 0.29) is 5.69 Å². The first-order valence-corrected chi connectivity index (χ1v) is 6.54. The van der Waals surface area contributed by atoms with Crippen LogP contribution in [-0.4, -0.2) is 16.2 Å². The molecule has 0 aliphatic carbocycles. The molecule has 0 saturated carbocycles. The van der Waals surface area contributed by atoms with Crippen molar-refractivity contribution in [2.75, 3.05) is 12.0 Å². The first-order chi connectivity index (χ1) is 9.10. The maximum atomic E-state index is 10.8. The lowest BCUT2D eigenvalue weighted by atomic mass is 10.3. The third-order valence-electron chi connectivity index (χ3n) is 2.34. The molecule has 0 aliphatic rings. The summed E-state index contributed by atoms with van der Waals surface area (Å²) in [5.74, 6) is 1.40. The summed E-state index contributed by atoms with van der Waals surface area (Å²) in [6.45, 7) is 0. The number of nitro benzene ring substituents is 1. The Bertz CT molecular complexity index is 619. The number of anilines is 1. The van der Waals surface area contributed by atoms with Crippen LogP contribution in [-0.2, 0) is 0 Å². The number of benzene rings is 1. The van der Waals surface area contributed by atoms with Crippen LogP contribution in [0.15, 0.2) is 41.4 Å². The number of nitrogen functional groups attached to an aromatic ring is 1. The van der Waals surface area contributed by atoms with Gasteiger partial charge in [-0.15, -0.1) is 11.8 Å². The van der Waals surface area contributed by atoms with Gasteiger partial charge in [-0.1, -0.05) is 0 Å². The zero-order valence-corrected chi connectivity index (χ0v) is 10.9. The molecule has 2 rings (SSSR count). The third kappa shape index (κ3) is 3.14. The van der Waals surface area contributed by atoms with Crippen LogP contribution < -0.4 is 10.5 Å². The molecule has 0 unspecified atom stereocenters. The second-order valence-corrected chi connectivity index (χ2v) is 4.46. The molecule has 1 heterocycles. The number of nitrogens with zero attached hydrogens (tertiary/aromatic N) is 2. The predicted octanol–water partition coefficient (Wildman–Crippen LogP) is 3.09. The molecule has 6 nitrogen and oxygen atoms in total. The van der Waals surface area contributed by atoms with Gasteiger partial charge in [-0.2, -0.15) is 0 Å². The monoisotopic (exact) mass is 277 g/mol. The molecule has 98 valence electrons. The summed E-state index contributed by atoms with van der Waals surface area (Å²) in [6, 6.07) is 7.84. The Morgan fingerprint density at radius 3 is 2.68 bits per heavy atom. The largest absolute Gasteiger partial charge is 0.457 e. The Hall–Kier alpha value is -2.28. The van der Waals surface area contributed by atoms with Gasteiger partial charge in [0.15, 0.2) is 0 Å². The van der Waals surface area contributed by atoms with Gasteiger partial charge in [-0.05, 0) is 18.4 Å². The Balaban J connectivity index is 2.29. The average Bonchev–Trinajstić information content (AvgIpc) is 2.38. The van der Waals surface area contributed by atoms with Gasteiger partial charge in [0.2, 0.25) is 0 Å². The van der Waals surface area contributed by atoms with Crippen LogP contribution in [0, 0.1) is 10.1 Å². The number of thioether (sulfide) groups is 1. The highest BCUT2D eigenvalue weighted by atomic mass is 32.2. The lowest BCUT2D eigenvalue weighted by Crippen LogP contribution is -1.93. The number of nitro groups is 1. The smallest absolute Gasteiger partial charge is 0.283 e. The maximum Gasteiger partial charge on any atom is 0.283 e. The van der Waals surface area contributed by atoms with E-state index >= 15 is 0 Å². The Kier molecular flexibility index (Phi) is 3.86. The highest BCUT2D eigenvalue weighted by Crippen LogP contribution is 2.33. The minimum Gasteiger partial charge on any atom is -0.457 e. The van der Waals surface area contributed by atoms with Gasteiger partial charge in [-0.25, -0.2) is 4.98 Å². The Morgan fingerprint density at radius 1 is 1.32 bits per heavy atom. The second-order valence-electron chi connectivity index (χ2n) is 3.61. The molecule has 2 N–H and O–H groups in total. The van der Waals surface area contributed by atoms with Crippen LogP contribution in [0.25, 0.3) is 0 Å². The van der Waals surface area contributed by atoms with Crippen molar-refractivity contribution >= 4 is 23.3 Å². The van der Waals surface area contributed by atoms with E-state index in [2.05, 4.69) is 4.98 Å². The van der Waals surface area contributed by atoms with Gasteiger partial charge in [0.1, 0.15) is 17.3 Å². The van der Waals surface area contributed by atoms with Crippen LogP contribution in [0.2, 0.25) is 0 Å². The van der Waals surface area contributed by atoms with Crippen LogP contribution in [0.5, 0.6) is 11.5 Å². The van der Waals surface area contributed by atoms with E-state index in [4.69, 9.17) is 10.5 Å². The van der Waals surface area contributed by atoms with Crippen molar-refractivity contribution in [2.24, 2.45) is 0 Å². The fraction of sp³-hybridized carbons (Fsp3) is 0.0833. The van der Waals surface area contributed by atoms with E-state index in [1.807, 2.05) is 0 Å². The van der Waals surface area contributed by atoms with Crippen LogP contribution in [0.4, 0.5) is 11.5 Å². The zero-order valence-electron chi connectivity index (χ0n) is 10.1. The van der Waals surface area contributed by atoms with E-state index in [9.17, 15) is 10.1 Å². The quantitative estimate of drug-likeness (QED) is 0.524. The molecule has 2 aromatic rings. The standard InChI is InChI=1S/C12H11N3O3S/c1-19-11-6-8(2-3-10(11)15(16)17)18-9-4-5-14-12(13)7-9/h2-7H,1H3,(H2,13,14). The van der Waals surface area contributed by atoms with Gasteiger partial charge in [0.25, 0.3) is 5.69 Å². The van der Waals surface area contributed by atoms with Crippen LogP contribution in [0.1, 0.15) is 0 Å². The van der Waals surface area contributed by atoms with Crippen molar-refractivity contribution in [3.63, 3.8) is 0 Å². The molecule has 1 aromatic heterocycles. The van der Waals surface area contributed by atoms with Crippen molar-refractivity contribution in [1.82, 2.24) is 4.98 Å². The van der Waals surface area contributed by atoms with Crippen molar-refractivity contribution in [3.05, 3.63) is 46.6 Å². The first-order valence-electron chi connectivity index (χ1n) is 5.32. The van der Waals surface area contributed by atoms with Crippen molar-refractivity contribution in [2.45, 2.75) is 4.90 Å². The summed E-state index contributed by atoms with van der Waals surface area (Å²) in [6.07, 6.45) is 3.31. The topological polar surface area (TPSA) is 91.3 Å². The fourth-order valence-corrected chi connectivity index (χ4v) is 2.09. The van der Waals surface area contributed by atoms with Crippen LogP contribution in [0.3, 0.4) is 0 Å². The minimum absolute atomic E-state index is 0.0640. The molecular formula is C12H11N3O3S. The molecule has 0 bridgehead atoms. The molecule has 0 amide bonds. The summed E-state index contributed by atoms with van der Waals surface area (Å²) in [7, 11) is 0. The first kappa shape index (κ1) is 13.2. The van der Waals surface area contributed by atoms with Crippen LogP contribution >= 0.6 is 11.8 Å². The van der Waals surface area contributed by atoms with E-state index < -0.39 is 4.92 Å². The molecule has 0 spiro atoms. The second kappa shape index (κ2) is 5.57. The summed E-state index contributed by atoms with van der Waals surface area (Å²) in [4.78, 5) is 14.8. The average molecular weight is 277 g/mol. The zero-order chi connectivity index (χ0) is 13.8. The predicted molar refractivity (Wildman–Crippen MR) is 73.6 cm³/mol. The summed E-state index contributed by atoms with van der Waals surface area (Å²) in [5.41, 5.74) is 5.61. The summed E-state index contributed by atoms with van der Waals surface area (Å²) >= 11 is 1.29. The van der Waals surface area contributed by atoms with E-state index in [1.54, 1.807) is 30.5 Å². The molecule has 0 fully saturated rings. The molecule has 0 atom stereocenters. The number of hydrogen-bond acceptors (Lipinski definition) is 6. The maximum absolute atomic E-state index is 10.8. The fourth-order valence-electron chi connectivity index (χ4n) is 1.50. The lowest BCUT2D eigenvalue weighted by molar-refractivity contribution is -0.387. The highest BCUT2D eigenvalue weighted by molar-refractivity contribution is 7.98. The molecule has 1 aromatic carbocycles. The summed E-state index contributed by atoms with van der Waals surface area (Å²) < 4.78 is 5.58. The van der Waals surface area contributed by atoms with Gasteiger partial charge in [0.05, 0.1) is 9.82 Å². The molecule has 7 heteroatoms. The van der Waals surface area contributed by atoms with Crippen molar-refractivity contribution in [1.29, 1.82) is 0 Å². The van der Waals surface area contributed by atoms with Gasteiger partial charge < -0.3 is 10.5 Å². The van der Waals surface area contributed by atoms with Gasteiger partial charge in [-0.3, -0.25) is 10.1 Å². The van der Waals surface area contributed by atoms with Gasteiger partial charge >= 0.3 is 0 Å². The number of rotatable bonds is 4. The number of aromatic nitrogens is 1. The van der Waals surface area contributed by atoms with Crippen molar-refractivity contribution in [3.8, 4) is 11.5 Å². The Morgan fingerprint density at radius 2 is 2.05 bits per heavy atom. The highest BCUT2D eigenvalue weighted by Gasteiger charge is 2.14. The molecule has 0 aliphatic heterocycles. The normalized spacial score (nSPS) is 10.2. The molecule has 0 radical (unpaired) electrons. The minimum atomic E-state index is -0.417. The molecular weight excluding hydrogens is 266 g/mol. The third-order valence-corrected chi connectivity index (χ3v) is 3.10. The van der Waals surface area contributed by atoms with E-state index in [1.165, 1.54) is 24.0 Å².